The van der Waals surface area contributed by atoms with Crippen LogP contribution in [0.25, 0.3) is 0 Å². The summed E-state index contributed by atoms with van der Waals surface area (Å²) in [5.74, 6) is 3.13. The maximum absolute atomic E-state index is 10.8. The van der Waals surface area contributed by atoms with E-state index in [2.05, 4.69) is 40.7 Å². The van der Waals surface area contributed by atoms with Crippen LogP contribution < -0.4 is 0 Å². The summed E-state index contributed by atoms with van der Waals surface area (Å²) in [7, 11) is 0. The van der Waals surface area contributed by atoms with Crippen molar-refractivity contribution < 1.29 is 10.2 Å². The van der Waals surface area contributed by atoms with Crippen molar-refractivity contribution in [3.8, 4) is 0 Å². The van der Waals surface area contributed by atoms with Crippen LogP contribution in [0.3, 0.4) is 0 Å². The second-order valence-electron chi connectivity index (χ2n) is 13.9. The first-order chi connectivity index (χ1) is 14.4. The lowest BCUT2D eigenvalue weighted by atomic mass is 9.42. The molecular formula is C29H48O2. The summed E-state index contributed by atoms with van der Waals surface area (Å²) >= 11 is 0. The van der Waals surface area contributed by atoms with Gasteiger partial charge in [-0.1, -0.05) is 46.8 Å². The maximum Gasteiger partial charge on any atom is 0.0692 e. The van der Waals surface area contributed by atoms with Gasteiger partial charge in [0.25, 0.3) is 0 Å². The van der Waals surface area contributed by atoms with Crippen LogP contribution in [0.15, 0.2) is 12.2 Å². The van der Waals surface area contributed by atoms with Crippen molar-refractivity contribution >= 4 is 0 Å². The molecule has 2 heteroatoms. The van der Waals surface area contributed by atoms with E-state index in [0.29, 0.717) is 27.6 Å². The third kappa shape index (κ3) is 2.70. The van der Waals surface area contributed by atoms with Crippen LogP contribution in [-0.4, -0.2) is 22.4 Å². The standard InChI is InChI=1S/C29H48O2/c1-19(8-7-9-20(2)30)21-12-14-27(6)23-11-10-22-25(3,4)24(31)13-15-28(22)18-29(23,28)17-16-26(21,27)5/h7,9,19-24,30-31H,8,10-18H2,1-6H3/b9-7+/t19-,20?,21-,22+,23+,24+,26-,27+,28-,29+/m1/s1. The third-order valence-corrected chi connectivity index (χ3v) is 12.8. The highest BCUT2D eigenvalue weighted by atomic mass is 16.3. The van der Waals surface area contributed by atoms with E-state index in [4.69, 9.17) is 0 Å². The van der Waals surface area contributed by atoms with Gasteiger partial charge in [0.2, 0.25) is 0 Å². The molecule has 0 heterocycles. The first-order valence-corrected chi connectivity index (χ1v) is 13.5. The summed E-state index contributed by atoms with van der Waals surface area (Å²) in [6.07, 6.45) is 17.1. The first-order valence-electron chi connectivity index (χ1n) is 13.5. The second kappa shape index (κ2) is 6.84. The van der Waals surface area contributed by atoms with E-state index in [-0.39, 0.29) is 17.6 Å². The van der Waals surface area contributed by atoms with E-state index in [1.165, 1.54) is 51.4 Å². The number of aliphatic hydroxyl groups excluding tert-OH is 2. The molecule has 0 radical (unpaired) electrons. The molecule has 5 rings (SSSR count). The topological polar surface area (TPSA) is 40.5 Å². The van der Waals surface area contributed by atoms with Crippen molar-refractivity contribution in [3.63, 3.8) is 0 Å². The van der Waals surface area contributed by atoms with Gasteiger partial charge in [0, 0.05) is 0 Å². The van der Waals surface area contributed by atoms with Gasteiger partial charge in [-0.15, -0.1) is 0 Å². The Kier molecular flexibility index (Phi) is 4.96. The summed E-state index contributed by atoms with van der Waals surface area (Å²) < 4.78 is 0. The minimum Gasteiger partial charge on any atom is -0.393 e. The molecule has 0 aromatic carbocycles. The molecule has 0 amide bonds. The highest BCUT2D eigenvalue weighted by Crippen LogP contribution is 2.89. The van der Waals surface area contributed by atoms with E-state index in [0.717, 1.165) is 30.6 Å². The molecule has 5 fully saturated rings. The molecule has 31 heavy (non-hydrogen) atoms. The molecule has 5 aliphatic carbocycles. The molecule has 0 aromatic heterocycles. The number of hydrogen-bond acceptors (Lipinski definition) is 2. The highest BCUT2D eigenvalue weighted by molar-refractivity contribution is 5.30. The zero-order valence-electron chi connectivity index (χ0n) is 21.1. The Balaban J connectivity index is 1.41. The summed E-state index contributed by atoms with van der Waals surface area (Å²) in [6.45, 7) is 14.4. The van der Waals surface area contributed by atoms with Crippen LogP contribution in [0.2, 0.25) is 0 Å². The smallest absolute Gasteiger partial charge is 0.0692 e. The van der Waals surface area contributed by atoms with Crippen molar-refractivity contribution in [2.75, 3.05) is 0 Å². The molecule has 2 N–H and O–H groups in total. The maximum atomic E-state index is 10.8. The molecule has 5 saturated carbocycles. The molecule has 0 aromatic rings. The predicted molar refractivity (Wildman–Crippen MR) is 127 cm³/mol. The van der Waals surface area contributed by atoms with Crippen molar-refractivity contribution in [2.45, 2.75) is 118 Å². The van der Waals surface area contributed by atoms with E-state index >= 15 is 0 Å². The largest absolute Gasteiger partial charge is 0.393 e. The van der Waals surface area contributed by atoms with Gasteiger partial charge in [0.15, 0.2) is 0 Å². The monoisotopic (exact) mass is 428 g/mol. The number of fused-ring (bicyclic) bond motifs is 2. The first kappa shape index (κ1) is 22.5. The van der Waals surface area contributed by atoms with Gasteiger partial charge in [0.1, 0.15) is 0 Å². The number of allylic oxidation sites excluding steroid dienone is 1. The van der Waals surface area contributed by atoms with Crippen LogP contribution in [0.1, 0.15) is 106 Å². The fourth-order valence-corrected chi connectivity index (χ4v) is 11.0. The summed E-state index contributed by atoms with van der Waals surface area (Å²) in [4.78, 5) is 0. The highest BCUT2D eigenvalue weighted by Gasteiger charge is 2.82. The van der Waals surface area contributed by atoms with Crippen LogP contribution >= 0.6 is 0 Å². The molecule has 0 saturated heterocycles. The molecular weight excluding hydrogens is 380 g/mol. The van der Waals surface area contributed by atoms with E-state index < -0.39 is 0 Å². The SMILES string of the molecule is CC(O)/C=C/C[C@@H](C)[C@H]1CC[C@@]2(C)[C@@H]3CC[C@H]4C(C)(C)[C@@H](O)CC[C@@]45C[C@@]35CC[C@]12C. The zero-order chi connectivity index (χ0) is 22.4. The number of aliphatic hydroxyl groups is 2. The van der Waals surface area contributed by atoms with Gasteiger partial charge >= 0.3 is 0 Å². The quantitative estimate of drug-likeness (QED) is 0.486. The van der Waals surface area contributed by atoms with Gasteiger partial charge < -0.3 is 10.2 Å². The van der Waals surface area contributed by atoms with Crippen LogP contribution in [0, 0.1) is 50.7 Å². The van der Waals surface area contributed by atoms with Gasteiger partial charge in [-0.2, -0.15) is 0 Å². The Morgan fingerprint density at radius 1 is 0.839 bits per heavy atom. The fourth-order valence-electron chi connectivity index (χ4n) is 11.0. The summed E-state index contributed by atoms with van der Waals surface area (Å²) in [5.41, 5.74) is 2.17. The number of rotatable bonds is 4. The van der Waals surface area contributed by atoms with E-state index in [9.17, 15) is 10.2 Å². The molecule has 2 nitrogen and oxygen atoms in total. The second-order valence-corrected chi connectivity index (χ2v) is 13.9. The summed E-state index contributed by atoms with van der Waals surface area (Å²) in [5, 5.41) is 20.4. The molecule has 176 valence electrons. The van der Waals surface area contributed by atoms with Crippen LogP contribution in [-0.2, 0) is 0 Å². The van der Waals surface area contributed by atoms with Crippen molar-refractivity contribution in [1.82, 2.24) is 0 Å². The average molecular weight is 429 g/mol. The van der Waals surface area contributed by atoms with Gasteiger partial charge in [-0.3, -0.25) is 0 Å². The lowest BCUT2D eigenvalue weighted by molar-refractivity contribution is -0.161. The van der Waals surface area contributed by atoms with E-state index in [1.54, 1.807) is 0 Å². The van der Waals surface area contributed by atoms with Crippen molar-refractivity contribution in [2.24, 2.45) is 50.7 Å². The predicted octanol–water partition coefficient (Wildman–Crippen LogP) is 6.75. The minimum absolute atomic E-state index is 0.0945. The normalized spacial score (nSPS) is 54.5. The molecule has 1 unspecified atom stereocenters. The molecule has 0 aliphatic heterocycles. The molecule has 2 spiro atoms. The Bertz CT molecular complexity index is 754. The van der Waals surface area contributed by atoms with Crippen LogP contribution in [0.5, 0.6) is 0 Å². The Morgan fingerprint density at radius 2 is 1.52 bits per heavy atom. The number of hydrogen-bond donors (Lipinski definition) is 2. The van der Waals surface area contributed by atoms with Gasteiger partial charge in [-0.05, 0) is 122 Å². The lowest BCUT2D eigenvalue weighted by Gasteiger charge is -2.63. The Labute approximate surface area is 191 Å². The van der Waals surface area contributed by atoms with Crippen LogP contribution in [0.4, 0.5) is 0 Å². The van der Waals surface area contributed by atoms with Gasteiger partial charge in [0.05, 0.1) is 12.2 Å². The molecule has 0 bridgehead atoms. The van der Waals surface area contributed by atoms with E-state index in [1.807, 2.05) is 13.0 Å². The molecule has 10 atom stereocenters. The minimum atomic E-state index is -0.328. The Hall–Kier alpha value is -0.340. The van der Waals surface area contributed by atoms with Crippen molar-refractivity contribution in [3.05, 3.63) is 12.2 Å². The van der Waals surface area contributed by atoms with Crippen molar-refractivity contribution in [1.29, 1.82) is 0 Å². The average Bonchev–Trinajstić information content (AvgIpc) is 3.27. The third-order valence-electron chi connectivity index (χ3n) is 12.8. The fraction of sp³-hybridized carbons (Fsp3) is 0.931. The van der Waals surface area contributed by atoms with Gasteiger partial charge in [-0.25, -0.2) is 0 Å². The summed E-state index contributed by atoms with van der Waals surface area (Å²) in [6, 6.07) is 0. The zero-order valence-corrected chi connectivity index (χ0v) is 21.1. The lowest BCUT2D eigenvalue weighted by Crippen LogP contribution is -2.57. The Morgan fingerprint density at radius 3 is 2.23 bits per heavy atom. The molecule has 5 aliphatic rings.